The molecule has 0 aliphatic rings. The van der Waals surface area contributed by atoms with E-state index in [1.54, 1.807) is 30.3 Å². The smallest absolute Gasteiger partial charge is 0.261 e. The highest BCUT2D eigenvalue weighted by atomic mass is 35.5. The Morgan fingerprint density at radius 3 is 2.21 bits per heavy atom. The third-order valence-electron chi connectivity index (χ3n) is 3.96. The first-order chi connectivity index (χ1) is 13.8. The Morgan fingerprint density at radius 1 is 0.862 bits per heavy atom. The Kier molecular flexibility index (Phi) is 5.86. The molecule has 0 bridgehead atoms. The van der Waals surface area contributed by atoms with Gasteiger partial charge in [-0.1, -0.05) is 41.9 Å². The van der Waals surface area contributed by atoms with Crippen molar-refractivity contribution in [2.75, 3.05) is 10.0 Å². The maximum Gasteiger partial charge on any atom is 0.261 e. The second-order valence-electron chi connectivity index (χ2n) is 5.98. The maximum atomic E-state index is 12.7. The highest BCUT2D eigenvalue weighted by molar-refractivity contribution is 7.92. The average molecular weight is 430 g/mol. The molecule has 2 amide bonds. The Hall–Kier alpha value is -3.36. The van der Waals surface area contributed by atoms with Crippen molar-refractivity contribution < 1.29 is 18.0 Å². The van der Waals surface area contributed by atoms with Crippen molar-refractivity contribution in [3.8, 4) is 0 Å². The molecular weight excluding hydrogens is 414 g/mol. The van der Waals surface area contributed by atoms with E-state index in [1.165, 1.54) is 42.5 Å². The minimum atomic E-state index is -3.83. The zero-order chi connectivity index (χ0) is 21.0. The van der Waals surface area contributed by atoms with Crippen LogP contribution in [0, 0.1) is 0 Å². The van der Waals surface area contributed by atoms with Gasteiger partial charge in [0.1, 0.15) is 0 Å². The summed E-state index contributed by atoms with van der Waals surface area (Å²) in [6.45, 7) is 0. The molecular formula is C20H16ClN3O4S. The lowest BCUT2D eigenvalue weighted by Crippen LogP contribution is -2.19. The molecule has 0 aliphatic carbocycles. The zero-order valence-electron chi connectivity index (χ0n) is 14.9. The summed E-state index contributed by atoms with van der Waals surface area (Å²) >= 11 is 6.12. The standard InChI is InChI=1S/C20H16ClN3O4S/c21-17-11-10-13(24-29(27,28)14-6-2-1-3-7-14)12-16(17)20(26)23-18-9-5-4-8-15(18)19(22)25/h1-12,24H,(H2,22,25)(H,23,26). The van der Waals surface area contributed by atoms with Gasteiger partial charge >= 0.3 is 0 Å². The van der Waals surface area contributed by atoms with Gasteiger partial charge < -0.3 is 11.1 Å². The summed E-state index contributed by atoms with van der Waals surface area (Å²) < 4.78 is 27.4. The molecule has 148 valence electrons. The van der Waals surface area contributed by atoms with Crippen molar-refractivity contribution in [1.82, 2.24) is 0 Å². The molecule has 29 heavy (non-hydrogen) atoms. The number of benzene rings is 3. The number of anilines is 2. The van der Waals surface area contributed by atoms with Gasteiger partial charge in [0.25, 0.3) is 21.8 Å². The molecule has 0 aromatic heterocycles. The number of rotatable bonds is 6. The van der Waals surface area contributed by atoms with E-state index in [2.05, 4.69) is 10.0 Å². The topological polar surface area (TPSA) is 118 Å². The van der Waals surface area contributed by atoms with Gasteiger partial charge in [0.15, 0.2) is 0 Å². The number of sulfonamides is 1. The summed E-state index contributed by atoms with van der Waals surface area (Å²) in [5, 5.41) is 2.68. The van der Waals surface area contributed by atoms with Gasteiger partial charge in [0, 0.05) is 5.69 Å². The molecule has 3 rings (SSSR count). The van der Waals surface area contributed by atoms with E-state index in [1.807, 2.05) is 0 Å². The minimum absolute atomic E-state index is 0.0270. The van der Waals surface area contributed by atoms with Crippen molar-refractivity contribution in [2.24, 2.45) is 5.73 Å². The molecule has 0 unspecified atom stereocenters. The maximum absolute atomic E-state index is 12.7. The van der Waals surface area contributed by atoms with Gasteiger partial charge in [-0.2, -0.15) is 0 Å². The number of hydrogen-bond acceptors (Lipinski definition) is 4. The number of primary amides is 1. The fraction of sp³-hybridized carbons (Fsp3) is 0. The van der Waals surface area contributed by atoms with Gasteiger partial charge in [0.05, 0.1) is 26.7 Å². The Labute approximate surface area is 172 Å². The highest BCUT2D eigenvalue weighted by Gasteiger charge is 2.18. The number of halogens is 1. The van der Waals surface area contributed by atoms with Gasteiger partial charge in [-0.05, 0) is 42.5 Å². The highest BCUT2D eigenvalue weighted by Crippen LogP contribution is 2.25. The Balaban J connectivity index is 1.88. The molecule has 3 aromatic carbocycles. The van der Waals surface area contributed by atoms with Crippen molar-refractivity contribution in [3.63, 3.8) is 0 Å². The summed E-state index contributed by atoms with van der Waals surface area (Å²) in [5.74, 6) is -1.32. The van der Waals surface area contributed by atoms with Gasteiger partial charge in [0.2, 0.25) is 0 Å². The second kappa shape index (κ2) is 8.34. The fourth-order valence-corrected chi connectivity index (χ4v) is 3.85. The van der Waals surface area contributed by atoms with Crippen molar-refractivity contribution in [2.45, 2.75) is 4.90 Å². The van der Waals surface area contributed by atoms with Crippen LogP contribution in [-0.2, 0) is 10.0 Å². The van der Waals surface area contributed by atoms with E-state index in [0.717, 1.165) is 0 Å². The number of carbonyl (C=O) groups excluding carboxylic acids is 2. The molecule has 0 aliphatic heterocycles. The van der Waals surface area contributed by atoms with E-state index >= 15 is 0 Å². The van der Waals surface area contributed by atoms with Crippen LogP contribution in [0.15, 0.2) is 77.7 Å². The molecule has 0 fully saturated rings. The molecule has 7 nitrogen and oxygen atoms in total. The van der Waals surface area contributed by atoms with Crippen LogP contribution in [0.2, 0.25) is 5.02 Å². The SMILES string of the molecule is NC(=O)c1ccccc1NC(=O)c1cc(NS(=O)(=O)c2ccccc2)ccc1Cl. The number of para-hydroxylation sites is 1. The first-order valence-corrected chi connectivity index (χ1v) is 10.2. The van der Waals surface area contributed by atoms with Crippen LogP contribution in [0.1, 0.15) is 20.7 Å². The monoisotopic (exact) mass is 429 g/mol. The predicted molar refractivity (Wildman–Crippen MR) is 112 cm³/mol. The number of nitrogens with one attached hydrogen (secondary N) is 2. The first-order valence-electron chi connectivity index (χ1n) is 8.35. The lowest BCUT2D eigenvalue weighted by atomic mass is 10.1. The van der Waals surface area contributed by atoms with Crippen LogP contribution in [0.4, 0.5) is 11.4 Å². The summed E-state index contributed by atoms with van der Waals surface area (Å²) in [4.78, 5) is 24.3. The Morgan fingerprint density at radius 2 is 1.52 bits per heavy atom. The molecule has 0 saturated heterocycles. The van der Waals surface area contributed by atoms with Crippen LogP contribution in [0.5, 0.6) is 0 Å². The van der Waals surface area contributed by atoms with Crippen molar-refractivity contribution in [1.29, 1.82) is 0 Å². The molecule has 0 spiro atoms. The molecule has 9 heteroatoms. The summed E-state index contributed by atoms with van der Waals surface area (Å²) in [5.41, 5.74) is 5.86. The normalized spacial score (nSPS) is 10.9. The lowest BCUT2D eigenvalue weighted by molar-refractivity contribution is 0.100. The van der Waals surface area contributed by atoms with Gasteiger partial charge in [-0.15, -0.1) is 0 Å². The second-order valence-corrected chi connectivity index (χ2v) is 8.07. The number of carbonyl (C=O) groups is 2. The molecule has 3 aromatic rings. The first kappa shape index (κ1) is 20.4. The van der Waals surface area contributed by atoms with Crippen LogP contribution >= 0.6 is 11.6 Å². The molecule has 0 atom stereocenters. The quantitative estimate of drug-likeness (QED) is 0.555. The fourth-order valence-electron chi connectivity index (χ4n) is 2.57. The van der Waals surface area contributed by atoms with Gasteiger partial charge in [-0.25, -0.2) is 8.42 Å². The third kappa shape index (κ3) is 4.74. The number of nitrogens with two attached hydrogens (primary N) is 1. The van der Waals surface area contributed by atoms with E-state index in [9.17, 15) is 18.0 Å². The summed E-state index contributed by atoms with van der Waals surface area (Å²) in [6, 6.07) is 18.2. The third-order valence-corrected chi connectivity index (χ3v) is 5.68. The van der Waals surface area contributed by atoms with Crippen molar-refractivity contribution >= 4 is 44.8 Å². The van der Waals surface area contributed by atoms with Crippen LogP contribution in [0.3, 0.4) is 0 Å². The van der Waals surface area contributed by atoms with E-state index < -0.39 is 21.8 Å². The Bertz CT molecular complexity index is 1180. The van der Waals surface area contributed by atoms with E-state index in [-0.39, 0.29) is 32.4 Å². The predicted octanol–water partition coefficient (Wildman–Crippen LogP) is 3.49. The molecule has 0 radical (unpaired) electrons. The van der Waals surface area contributed by atoms with Crippen LogP contribution in [0.25, 0.3) is 0 Å². The summed E-state index contributed by atoms with van der Waals surface area (Å²) in [7, 11) is -3.83. The van der Waals surface area contributed by atoms with E-state index in [4.69, 9.17) is 17.3 Å². The molecule has 4 N–H and O–H groups in total. The zero-order valence-corrected chi connectivity index (χ0v) is 16.5. The molecule has 0 heterocycles. The number of hydrogen-bond donors (Lipinski definition) is 3. The molecule has 0 saturated carbocycles. The van der Waals surface area contributed by atoms with Crippen LogP contribution < -0.4 is 15.8 Å². The number of amides is 2. The average Bonchev–Trinajstić information content (AvgIpc) is 2.70. The van der Waals surface area contributed by atoms with E-state index in [0.29, 0.717) is 0 Å². The van der Waals surface area contributed by atoms with Crippen molar-refractivity contribution in [3.05, 3.63) is 88.9 Å². The summed E-state index contributed by atoms with van der Waals surface area (Å²) in [6.07, 6.45) is 0. The lowest BCUT2D eigenvalue weighted by Gasteiger charge is -2.12. The van der Waals surface area contributed by atoms with Gasteiger partial charge in [-0.3, -0.25) is 14.3 Å². The minimum Gasteiger partial charge on any atom is -0.366 e. The van der Waals surface area contributed by atoms with Crippen LogP contribution in [-0.4, -0.2) is 20.2 Å². The largest absolute Gasteiger partial charge is 0.366 e.